The van der Waals surface area contributed by atoms with Crippen LogP contribution in [0.5, 0.6) is 0 Å². The second-order valence-corrected chi connectivity index (χ2v) is 5.79. The maximum Gasteiger partial charge on any atom is 0.311 e. The number of piperidine rings is 1. The van der Waals surface area contributed by atoms with Crippen LogP contribution in [-0.2, 0) is 4.79 Å². The van der Waals surface area contributed by atoms with Gasteiger partial charge < -0.3 is 10.0 Å². The highest BCUT2D eigenvalue weighted by Gasteiger charge is 2.42. The zero-order valence-electron chi connectivity index (χ0n) is 11.7. The van der Waals surface area contributed by atoms with Crippen molar-refractivity contribution in [3.8, 4) is 0 Å². The largest absolute Gasteiger partial charge is 0.481 e. The Kier molecular flexibility index (Phi) is 4.37. The van der Waals surface area contributed by atoms with Crippen molar-refractivity contribution in [1.29, 1.82) is 0 Å². The first-order valence-corrected chi connectivity index (χ1v) is 7.20. The van der Waals surface area contributed by atoms with E-state index < -0.39 is 16.3 Å². The molecule has 1 aliphatic heterocycles. The Morgan fingerprint density at radius 2 is 2.29 bits per heavy atom. The molecule has 21 heavy (non-hydrogen) atoms. The summed E-state index contributed by atoms with van der Waals surface area (Å²) in [5, 5.41) is 21.1. The van der Waals surface area contributed by atoms with Crippen LogP contribution in [0.3, 0.4) is 0 Å². The van der Waals surface area contributed by atoms with Gasteiger partial charge in [0.15, 0.2) is 0 Å². The number of nitro groups is 1. The summed E-state index contributed by atoms with van der Waals surface area (Å²) in [5.41, 5.74) is -0.503. The van der Waals surface area contributed by atoms with Crippen LogP contribution in [-0.4, -0.2) is 29.1 Å². The van der Waals surface area contributed by atoms with Crippen LogP contribution in [0.1, 0.15) is 26.2 Å². The number of nitrogens with zero attached hydrogens (tertiary/aromatic N) is 2. The first-order valence-electron chi connectivity index (χ1n) is 6.82. The van der Waals surface area contributed by atoms with Crippen molar-refractivity contribution < 1.29 is 14.8 Å². The molecule has 0 saturated carbocycles. The first kappa shape index (κ1) is 15.6. The number of hydrogen-bond acceptors (Lipinski definition) is 4. The summed E-state index contributed by atoms with van der Waals surface area (Å²) in [6.07, 6.45) is 1.76. The third-order valence-corrected chi connectivity index (χ3v) is 4.42. The van der Waals surface area contributed by atoms with Crippen molar-refractivity contribution in [3.63, 3.8) is 0 Å². The van der Waals surface area contributed by atoms with Gasteiger partial charge in [-0.3, -0.25) is 14.9 Å². The van der Waals surface area contributed by atoms with E-state index in [0.29, 0.717) is 36.5 Å². The summed E-state index contributed by atoms with van der Waals surface area (Å²) in [5.74, 6) is -0.848. The smallest absolute Gasteiger partial charge is 0.311 e. The van der Waals surface area contributed by atoms with Gasteiger partial charge in [-0.25, -0.2) is 0 Å². The number of rotatable bonds is 4. The van der Waals surface area contributed by atoms with E-state index in [9.17, 15) is 20.0 Å². The fourth-order valence-corrected chi connectivity index (χ4v) is 3.02. The molecular weight excluding hydrogens is 296 g/mol. The minimum atomic E-state index is -0.853. The summed E-state index contributed by atoms with van der Waals surface area (Å²) in [4.78, 5) is 24.0. The van der Waals surface area contributed by atoms with Gasteiger partial charge in [0, 0.05) is 24.2 Å². The Labute approximate surface area is 127 Å². The molecule has 1 aliphatic rings. The lowest BCUT2D eigenvalue weighted by atomic mass is 9.77. The van der Waals surface area contributed by atoms with Crippen molar-refractivity contribution in [2.75, 3.05) is 18.0 Å². The summed E-state index contributed by atoms with van der Waals surface area (Å²) in [7, 11) is 0. The lowest BCUT2D eigenvalue weighted by Gasteiger charge is -2.40. The average Bonchev–Trinajstić information content (AvgIpc) is 2.46. The zero-order chi connectivity index (χ0) is 15.6. The minimum absolute atomic E-state index is 0.0447. The molecule has 0 bridgehead atoms. The SMILES string of the molecule is CCC1(C(=O)O)CCCN(c2cc(Cl)ccc2[N+](=O)[O-])C1. The zero-order valence-corrected chi connectivity index (χ0v) is 12.5. The number of hydrogen-bond donors (Lipinski definition) is 1. The lowest BCUT2D eigenvalue weighted by molar-refractivity contribution is -0.384. The number of carboxylic acid groups (broad SMARTS) is 1. The van der Waals surface area contributed by atoms with Crippen LogP contribution in [0.2, 0.25) is 5.02 Å². The van der Waals surface area contributed by atoms with Crippen LogP contribution in [0, 0.1) is 15.5 Å². The molecule has 1 N–H and O–H groups in total. The third-order valence-electron chi connectivity index (χ3n) is 4.18. The fraction of sp³-hybridized carbons (Fsp3) is 0.500. The Balaban J connectivity index is 2.40. The van der Waals surface area contributed by atoms with Crippen molar-refractivity contribution in [2.24, 2.45) is 5.41 Å². The van der Waals surface area contributed by atoms with Crippen molar-refractivity contribution >= 4 is 28.9 Å². The third kappa shape index (κ3) is 2.95. The van der Waals surface area contributed by atoms with Crippen LogP contribution in [0.25, 0.3) is 0 Å². The lowest BCUT2D eigenvalue weighted by Crippen LogP contribution is -2.47. The normalized spacial score (nSPS) is 22.1. The summed E-state index contributed by atoms with van der Waals surface area (Å²) < 4.78 is 0. The van der Waals surface area contributed by atoms with Crippen molar-refractivity contribution in [2.45, 2.75) is 26.2 Å². The van der Waals surface area contributed by atoms with Gasteiger partial charge >= 0.3 is 5.97 Å². The van der Waals surface area contributed by atoms with E-state index in [-0.39, 0.29) is 12.2 Å². The molecule has 1 heterocycles. The maximum atomic E-state index is 11.6. The van der Waals surface area contributed by atoms with Gasteiger partial charge in [-0.05, 0) is 31.4 Å². The van der Waals surface area contributed by atoms with Crippen LogP contribution < -0.4 is 4.90 Å². The molecule has 0 aliphatic carbocycles. The monoisotopic (exact) mass is 312 g/mol. The topological polar surface area (TPSA) is 83.7 Å². The van der Waals surface area contributed by atoms with Crippen molar-refractivity contribution in [1.82, 2.24) is 0 Å². The molecule has 1 fully saturated rings. The van der Waals surface area contributed by atoms with Gasteiger partial charge in [-0.15, -0.1) is 0 Å². The number of carbonyl (C=O) groups is 1. The molecule has 2 rings (SSSR count). The molecule has 1 aromatic rings. The number of nitro benzene ring substituents is 1. The Morgan fingerprint density at radius 3 is 2.86 bits per heavy atom. The molecule has 1 atom stereocenters. The number of anilines is 1. The highest BCUT2D eigenvalue weighted by molar-refractivity contribution is 6.31. The maximum absolute atomic E-state index is 11.6. The van der Waals surface area contributed by atoms with Gasteiger partial charge in [0.1, 0.15) is 5.69 Å². The van der Waals surface area contributed by atoms with Crippen LogP contribution >= 0.6 is 11.6 Å². The minimum Gasteiger partial charge on any atom is -0.481 e. The first-order chi connectivity index (χ1) is 9.89. The van der Waals surface area contributed by atoms with Gasteiger partial charge in [-0.1, -0.05) is 18.5 Å². The second kappa shape index (κ2) is 5.89. The van der Waals surface area contributed by atoms with E-state index in [1.54, 1.807) is 4.90 Å². The van der Waals surface area contributed by atoms with E-state index in [1.165, 1.54) is 18.2 Å². The second-order valence-electron chi connectivity index (χ2n) is 5.35. The predicted octanol–water partition coefficient (Wildman–Crippen LogP) is 3.33. The molecule has 0 amide bonds. The summed E-state index contributed by atoms with van der Waals surface area (Å²) >= 11 is 5.94. The van der Waals surface area contributed by atoms with E-state index in [1.807, 2.05) is 6.92 Å². The predicted molar refractivity (Wildman–Crippen MR) is 79.9 cm³/mol. The Bertz CT molecular complexity index is 578. The molecule has 6 nitrogen and oxygen atoms in total. The molecule has 0 spiro atoms. The average molecular weight is 313 g/mol. The van der Waals surface area contributed by atoms with E-state index in [0.717, 1.165) is 0 Å². The molecule has 0 aromatic heterocycles. The number of halogens is 1. The van der Waals surface area contributed by atoms with Gasteiger partial charge in [-0.2, -0.15) is 0 Å². The molecule has 7 heteroatoms. The van der Waals surface area contributed by atoms with Gasteiger partial charge in [0.2, 0.25) is 0 Å². The highest BCUT2D eigenvalue weighted by Crippen LogP contribution is 2.39. The van der Waals surface area contributed by atoms with E-state index in [2.05, 4.69) is 0 Å². The van der Waals surface area contributed by atoms with Crippen molar-refractivity contribution in [3.05, 3.63) is 33.3 Å². The molecule has 1 aromatic carbocycles. The standard InChI is InChI=1S/C14H17ClN2O4/c1-2-14(13(18)19)6-3-7-16(9-14)12-8-10(15)4-5-11(12)17(20)21/h4-5,8H,2-3,6-7,9H2,1H3,(H,18,19). The number of aliphatic carboxylic acids is 1. The Morgan fingerprint density at radius 1 is 1.57 bits per heavy atom. The molecule has 1 unspecified atom stereocenters. The molecule has 1 saturated heterocycles. The molecular formula is C14H17ClN2O4. The molecule has 114 valence electrons. The number of carboxylic acids is 1. The summed E-state index contributed by atoms with van der Waals surface area (Å²) in [6, 6.07) is 4.37. The van der Waals surface area contributed by atoms with Gasteiger partial charge in [0.25, 0.3) is 5.69 Å². The van der Waals surface area contributed by atoms with Crippen LogP contribution in [0.4, 0.5) is 11.4 Å². The van der Waals surface area contributed by atoms with E-state index in [4.69, 9.17) is 11.6 Å². The van der Waals surface area contributed by atoms with Gasteiger partial charge in [0.05, 0.1) is 10.3 Å². The fourth-order valence-electron chi connectivity index (χ4n) is 2.86. The number of benzene rings is 1. The van der Waals surface area contributed by atoms with Crippen LogP contribution in [0.15, 0.2) is 18.2 Å². The van der Waals surface area contributed by atoms with E-state index >= 15 is 0 Å². The summed E-state index contributed by atoms with van der Waals surface area (Å²) in [6.45, 7) is 2.69. The molecule has 0 radical (unpaired) electrons. The Hall–Kier alpha value is -1.82. The quantitative estimate of drug-likeness (QED) is 0.681. The highest BCUT2D eigenvalue weighted by atomic mass is 35.5.